The predicted molar refractivity (Wildman–Crippen MR) is 97.7 cm³/mol. The summed E-state index contributed by atoms with van der Waals surface area (Å²) < 4.78 is 0. The lowest BCUT2D eigenvalue weighted by atomic mass is 9.87. The van der Waals surface area contributed by atoms with Gasteiger partial charge in [0, 0.05) is 5.56 Å². The Kier molecular flexibility index (Phi) is 4.24. The normalized spacial score (nSPS) is 13.0. The standard InChI is InChI=1S/C20H24N4/c1-13-5-7-14(8-6-13)17(21)19-22-18(23-24-19)15-9-11-16(12-10-15)20(2,3)4/h5-12,17H,21H2,1-4H3,(H,22,23,24)/t17-/m1/s1. The Morgan fingerprint density at radius 3 is 2.17 bits per heavy atom. The Morgan fingerprint density at radius 2 is 1.58 bits per heavy atom. The number of nitrogens with two attached hydrogens (primary N) is 1. The van der Waals surface area contributed by atoms with E-state index in [1.807, 2.05) is 12.1 Å². The SMILES string of the molecule is Cc1ccc([C@@H](N)c2nc(-c3ccc(C(C)(C)C)cc3)n[nH]2)cc1. The second-order valence-electron chi connectivity index (χ2n) is 7.26. The minimum Gasteiger partial charge on any atom is -0.318 e. The van der Waals surface area contributed by atoms with Gasteiger partial charge in [-0.2, -0.15) is 5.10 Å². The summed E-state index contributed by atoms with van der Waals surface area (Å²) in [5.41, 5.74) is 10.9. The smallest absolute Gasteiger partial charge is 0.181 e. The van der Waals surface area contributed by atoms with Gasteiger partial charge in [0.1, 0.15) is 5.82 Å². The van der Waals surface area contributed by atoms with E-state index in [1.165, 1.54) is 11.1 Å². The van der Waals surface area contributed by atoms with E-state index in [4.69, 9.17) is 5.73 Å². The molecule has 0 aliphatic rings. The second-order valence-corrected chi connectivity index (χ2v) is 7.26. The van der Waals surface area contributed by atoms with E-state index in [2.05, 4.69) is 79.3 Å². The maximum atomic E-state index is 6.31. The van der Waals surface area contributed by atoms with Crippen LogP contribution in [0.4, 0.5) is 0 Å². The molecule has 0 aliphatic carbocycles. The first-order valence-electron chi connectivity index (χ1n) is 8.20. The molecule has 0 unspecified atom stereocenters. The number of aryl methyl sites for hydroxylation is 1. The van der Waals surface area contributed by atoms with Crippen molar-refractivity contribution >= 4 is 0 Å². The van der Waals surface area contributed by atoms with Crippen molar-refractivity contribution in [1.29, 1.82) is 0 Å². The van der Waals surface area contributed by atoms with Gasteiger partial charge >= 0.3 is 0 Å². The highest BCUT2D eigenvalue weighted by molar-refractivity contribution is 5.55. The molecule has 1 atom stereocenters. The van der Waals surface area contributed by atoms with Gasteiger partial charge in [-0.1, -0.05) is 74.9 Å². The van der Waals surface area contributed by atoms with Crippen LogP contribution < -0.4 is 5.73 Å². The first kappa shape index (κ1) is 16.4. The van der Waals surface area contributed by atoms with Crippen LogP contribution in [-0.4, -0.2) is 15.2 Å². The molecule has 4 heteroatoms. The van der Waals surface area contributed by atoms with Gasteiger partial charge in [0.05, 0.1) is 6.04 Å². The summed E-state index contributed by atoms with van der Waals surface area (Å²) in [5, 5.41) is 7.30. The summed E-state index contributed by atoms with van der Waals surface area (Å²) in [6.45, 7) is 8.66. The summed E-state index contributed by atoms with van der Waals surface area (Å²) >= 11 is 0. The van der Waals surface area contributed by atoms with Crippen LogP contribution in [0.1, 0.15) is 49.3 Å². The zero-order valence-corrected chi connectivity index (χ0v) is 14.7. The third-order valence-electron chi connectivity index (χ3n) is 4.24. The lowest BCUT2D eigenvalue weighted by molar-refractivity contribution is 0.590. The lowest BCUT2D eigenvalue weighted by Gasteiger charge is -2.18. The van der Waals surface area contributed by atoms with Crippen LogP contribution in [0.2, 0.25) is 0 Å². The van der Waals surface area contributed by atoms with Gasteiger partial charge < -0.3 is 5.73 Å². The molecule has 0 radical (unpaired) electrons. The predicted octanol–water partition coefficient (Wildman–Crippen LogP) is 4.13. The van der Waals surface area contributed by atoms with Crippen molar-refractivity contribution in [3.63, 3.8) is 0 Å². The molecule has 0 amide bonds. The molecule has 4 nitrogen and oxygen atoms in total. The Bertz CT molecular complexity index is 808. The Morgan fingerprint density at radius 1 is 0.958 bits per heavy atom. The van der Waals surface area contributed by atoms with Crippen LogP contribution in [0.15, 0.2) is 48.5 Å². The summed E-state index contributed by atoms with van der Waals surface area (Å²) in [6.07, 6.45) is 0. The third kappa shape index (κ3) is 3.39. The summed E-state index contributed by atoms with van der Waals surface area (Å²) in [4.78, 5) is 4.58. The molecule has 0 saturated carbocycles. The van der Waals surface area contributed by atoms with Gasteiger partial charge in [-0.3, -0.25) is 5.10 Å². The summed E-state index contributed by atoms with van der Waals surface area (Å²) in [5.74, 6) is 1.35. The van der Waals surface area contributed by atoms with Crippen molar-refractivity contribution in [3.05, 3.63) is 71.0 Å². The van der Waals surface area contributed by atoms with Gasteiger partial charge in [0.25, 0.3) is 0 Å². The highest BCUT2D eigenvalue weighted by Gasteiger charge is 2.16. The van der Waals surface area contributed by atoms with Crippen LogP contribution in [0, 0.1) is 6.92 Å². The van der Waals surface area contributed by atoms with E-state index in [-0.39, 0.29) is 11.5 Å². The molecule has 0 aliphatic heterocycles. The molecular weight excluding hydrogens is 296 g/mol. The number of benzene rings is 2. The molecule has 3 rings (SSSR count). The van der Waals surface area contributed by atoms with E-state index in [0.29, 0.717) is 11.6 Å². The van der Waals surface area contributed by atoms with Crippen molar-refractivity contribution in [3.8, 4) is 11.4 Å². The highest BCUT2D eigenvalue weighted by Crippen LogP contribution is 2.25. The number of rotatable bonds is 3. The quantitative estimate of drug-likeness (QED) is 0.762. The fourth-order valence-electron chi connectivity index (χ4n) is 2.59. The first-order chi connectivity index (χ1) is 11.3. The van der Waals surface area contributed by atoms with Crippen LogP contribution in [-0.2, 0) is 5.41 Å². The molecule has 1 aromatic heterocycles. The largest absolute Gasteiger partial charge is 0.318 e. The van der Waals surface area contributed by atoms with Crippen molar-refractivity contribution in [2.24, 2.45) is 5.73 Å². The highest BCUT2D eigenvalue weighted by atomic mass is 15.2. The Hall–Kier alpha value is -2.46. The van der Waals surface area contributed by atoms with E-state index in [1.54, 1.807) is 0 Å². The minimum atomic E-state index is -0.305. The number of H-pyrrole nitrogens is 1. The molecule has 0 spiro atoms. The van der Waals surface area contributed by atoms with Crippen LogP contribution in [0.5, 0.6) is 0 Å². The fraction of sp³-hybridized carbons (Fsp3) is 0.300. The van der Waals surface area contributed by atoms with Crippen LogP contribution in [0.3, 0.4) is 0 Å². The van der Waals surface area contributed by atoms with Gasteiger partial charge in [-0.25, -0.2) is 4.98 Å². The zero-order valence-electron chi connectivity index (χ0n) is 14.7. The molecule has 24 heavy (non-hydrogen) atoms. The van der Waals surface area contributed by atoms with E-state index < -0.39 is 0 Å². The van der Waals surface area contributed by atoms with E-state index >= 15 is 0 Å². The molecule has 3 aromatic rings. The van der Waals surface area contributed by atoms with Gasteiger partial charge in [0.15, 0.2) is 5.82 Å². The van der Waals surface area contributed by atoms with E-state index in [0.717, 1.165) is 11.1 Å². The average molecular weight is 320 g/mol. The van der Waals surface area contributed by atoms with Crippen molar-refractivity contribution in [2.75, 3.05) is 0 Å². The topological polar surface area (TPSA) is 67.6 Å². The Labute approximate surface area is 143 Å². The van der Waals surface area contributed by atoms with Gasteiger partial charge in [-0.15, -0.1) is 0 Å². The molecule has 2 aromatic carbocycles. The minimum absolute atomic E-state index is 0.135. The fourth-order valence-corrected chi connectivity index (χ4v) is 2.59. The number of hydrogen-bond acceptors (Lipinski definition) is 3. The first-order valence-corrected chi connectivity index (χ1v) is 8.20. The second kappa shape index (κ2) is 6.21. The molecule has 0 bridgehead atoms. The maximum absolute atomic E-state index is 6.31. The van der Waals surface area contributed by atoms with Gasteiger partial charge in [-0.05, 0) is 23.5 Å². The van der Waals surface area contributed by atoms with Gasteiger partial charge in [0.2, 0.25) is 0 Å². The molecule has 124 valence electrons. The lowest BCUT2D eigenvalue weighted by Crippen LogP contribution is -2.13. The monoisotopic (exact) mass is 320 g/mol. The summed E-state index contributed by atoms with van der Waals surface area (Å²) in [6, 6.07) is 16.2. The van der Waals surface area contributed by atoms with Crippen molar-refractivity contribution in [2.45, 2.75) is 39.2 Å². The Balaban J connectivity index is 1.83. The third-order valence-corrected chi connectivity index (χ3v) is 4.24. The molecule has 3 N–H and O–H groups in total. The molecule has 0 saturated heterocycles. The number of hydrogen-bond donors (Lipinski definition) is 2. The molecule has 0 fully saturated rings. The number of nitrogens with one attached hydrogen (secondary N) is 1. The zero-order chi connectivity index (χ0) is 17.3. The average Bonchev–Trinajstić information content (AvgIpc) is 3.04. The number of nitrogens with zero attached hydrogens (tertiary/aromatic N) is 2. The number of aromatic amines is 1. The summed E-state index contributed by atoms with van der Waals surface area (Å²) in [7, 11) is 0. The number of aromatic nitrogens is 3. The maximum Gasteiger partial charge on any atom is 0.181 e. The van der Waals surface area contributed by atoms with Crippen molar-refractivity contribution < 1.29 is 0 Å². The van der Waals surface area contributed by atoms with Crippen molar-refractivity contribution in [1.82, 2.24) is 15.2 Å². The van der Waals surface area contributed by atoms with Crippen LogP contribution >= 0.6 is 0 Å². The van der Waals surface area contributed by atoms with Crippen LogP contribution in [0.25, 0.3) is 11.4 Å². The molecule has 1 heterocycles. The van der Waals surface area contributed by atoms with E-state index in [9.17, 15) is 0 Å². The molecular formula is C20H24N4.